The first-order chi connectivity index (χ1) is 11.8. The number of carboxylic acids is 1. The summed E-state index contributed by atoms with van der Waals surface area (Å²) in [7, 11) is 0. The standard InChI is InChI=1S/C17H14ClFN2O4/c1-8-7-9(4-5-10(8)19)20-16(23)12-11-3-2-6-21(11)14(13(12)18)15(22)17(24)25/h4-5,7H,2-3,6H2,1H3,(H,20,23)(H,24,25). The lowest BCUT2D eigenvalue weighted by Crippen LogP contribution is -2.17. The molecule has 8 heteroatoms. The number of ketones is 1. The molecule has 1 aliphatic heterocycles. The highest BCUT2D eigenvalue weighted by atomic mass is 35.5. The van der Waals surface area contributed by atoms with E-state index in [-0.39, 0.29) is 16.3 Å². The van der Waals surface area contributed by atoms with E-state index in [0.29, 0.717) is 36.3 Å². The summed E-state index contributed by atoms with van der Waals surface area (Å²) in [5, 5.41) is 11.4. The SMILES string of the molecule is Cc1cc(NC(=O)c2c(Cl)c(C(=O)C(=O)O)n3c2CCC3)ccc1F. The summed E-state index contributed by atoms with van der Waals surface area (Å²) in [5.74, 6) is -3.73. The Labute approximate surface area is 147 Å². The van der Waals surface area contributed by atoms with Gasteiger partial charge in [0.05, 0.1) is 10.6 Å². The average Bonchev–Trinajstić information content (AvgIpc) is 3.09. The molecule has 2 N–H and O–H groups in total. The van der Waals surface area contributed by atoms with Crippen molar-refractivity contribution in [2.75, 3.05) is 5.32 Å². The molecule has 0 spiro atoms. The molecule has 1 amide bonds. The van der Waals surface area contributed by atoms with Crippen molar-refractivity contribution in [2.24, 2.45) is 0 Å². The van der Waals surface area contributed by atoms with E-state index in [2.05, 4.69) is 5.32 Å². The van der Waals surface area contributed by atoms with Gasteiger partial charge in [-0.05, 0) is 43.5 Å². The highest BCUT2D eigenvalue weighted by Gasteiger charge is 2.34. The van der Waals surface area contributed by atoms with Crippen LogP contribution >= 0.6 is 11.6 Å². The van der Waals surface area contributed by atoms with Crippen molar-refractivity contribution in [3.05, 3.63) is 51.6 Å². The summed E-state index contributed by atoms with van der Waals surface area (Å²) in [6.45, 7) is 1.99. The summed E-state index contributed by atoms with van der Waals surface area (Å²) >= 11 is 6.18. The zero-order valence-corrected chi connectivity index (χ0v) is 14.0. The van der Waals surface area contributed by atoms with E-state index in [1.54, 1.807) is 6.92 Å². The van der Waals surface area contributed by atoms with Crippen LogP contribution in [0.1, 0.15) is 38.5 Å². The normalized spacial score (nSPS) is 12.8. The van der Waals surface area contributed by atoms with Crippen LogP contribution in [0.15, 0.2) is 18.2 Å². The van der Waals surface area contributed by atoms with E-state index in [1.807, 2.05) is 0 Å². The van der Waals surface area contributed by atoms with Gasteiger partial charge in [-0.2, -0.15) is 0 Å². The largest absolute Gasteiger partial charge is 0.475 e. The number of Topliss-reactive ketones (excluding diaryl/α,β-unsaturated/α-hetero) is 1. The Morgan fingerprint density at radius 1 is 1.32 bits per heavy atom. The summed E-state index contributed by atoms with van der Waals surface area (Å²) in [5.41, 5.74) is 1.19. The minimum Gasteiger partial charge on any atom is -0.475 e. The first-order valence-corrected chi connectivity index (χ1v) is 7.95. The Kier molecular flexibility index (Phi) is 4.34. The molecular formula is C17H14ClFN2O4. The summed E-state index contributed by atoms with van der Waals surface area (Å²) < 4.78 is 14.8. The number of fused-ring (bicyclic) bond motifs is 1. The summed E-state index contributed by atoms with van der Waals surface area (Å²) in [6, 6.07) is 4.12. The lowest BCUT2D eigenvalue weighted by atomic mass is 10.1. The smallest absolute Gasteiger partial charge is 0.378 e. The molecule has 1 aromatic carbocycles. The minimum absolute atomic E-state index is 0.0887. The van der Waals surface area contributed by atoms with Crippen LogP contribution in [-0.2, 0) is 17.8 Å². The van der Waals surface area contributed by atoms with Gasteiger partial charge in [0.2, 0.25) is 0 Å². The second-order valence-electron chi connectivity index (χ2n) is 5.79. The number of nitrogens with zero attached hydrogens (tertiary/aromatic N) is 1. The Morgan fingerprint density at radius 2 is 2.04 bits per heavy atom. The predicted octanol–water partition coefficient (Wildman–Crippen LogP) is 3.05. The van der Waals surface area contributed by atoms with Gasteiger partial charge in [-0.15, -0.1) is 0 Å². The van der Waals surface area contributed by atoms with Crippen LogP contribution in [-0.4, -0.2) is 27.3 Å². The number of carboxylic acid groups (broad SMARTS) is 1. The first-order valence-electron chi connectivity index (χ1n) is 7.57. The molecule has 2 aromatic rings. The van der Waals surface area contributed by atoms with E-state index in [0.717, 1.165) is 0 Å². The van der Waals surface area contributed by atoms with Crippen LogP contribution in [0, 0.1) is 12.7 Å². The monoisotopic (exact) mass is 364 g/mol. The van der Waals surface area contributed by atoms with Gasteiger partial charge in [-0.25, -0.2) is 9.18 Å². The average molecular weight is 365 g/mol. The van der Waals surface area contributed by atoms with Crippen molar-refractivity contribution >= 4 is 34.9 Å². The number of hydrogen-bond donors (Lipinski definition) is 2. The van der Waals surface area contributed by atoms with Crippen molar-refractivity contribution in [3.63, 3.8) is 0 Å². The molecule has 25 heavy (non-hydrogen) atoms. The number of amides is 1. The lowest BCUT2D eigenvalue weighted by Gasteiger charge is -2.07. The second-order valence-corrected chi connectivity index (χ2v) is 6.17. The van der Waals surface area contributed by atoms with Crippen LogP contribution in [0.5, 0.6) is 0 Å². The van der Waals surface area contributed by atoms with Gasteiger partial charge in [0.15, 0.2) is 0 Å². The number of benzene rings is 1. The first kappa shape index (κ1) is 17.2. The molecule has 0 fully saturated rings. The molecule has 2 heterocycles. The van der Waals surface area contributed by atoms with E-state index in [4.69, 9.17) is 16.7 Å². The molecule has 0 unspecified atom stereocenters. The van der Waals surface area contributed by atoms with Crippen molar-refractivity contribution < 1.29 is 23.9 Å². The molecule has 6 nitrogen and oxygen atoms in total. The third-order valence-corrected chi connectivity index (χ3v) is 4.53. The maximum absolute atomic E-state index is 13.3. The number of anilines is 1. The Hall–Kier alpha value is -2.67. The molecule has 0 saturated heterocycles. The van der Waals surface area contributed by atoms with Gasteiger partial charge >= 0.3 is 5.97 Å². The van der Waals surface area contributed by atoms with E-state index in [1.165, 1.54) is 22.8 Å². The third-order valence-electron chi connectivity index (χ3n) is 4.16. The molecule has 0 saturated carbocycles. The lowest BCUT2D eigenvalue weighted by molar-refractivity contribution is -0.131. The maximum atomic E-state index is 13.3. The molecule has 1 aliphatic rings. The Balaban J connectivity index is 2.01. The zero-order chi connectivity index (χ0) is 18.3. The number of aliphatic carboxylic acids is 1. The number of carbonyl (C=O) groups is 3. The number of nitrogens with one attached hydrogen (secondary N) is 1. The second kappa shape index (κ2) is 6.33. The van der Waals surface area contributed by atoms with Gasteiger partial charge in [-0.1, -0.05) is 11.6 Å². The quantitative estimate of drug-likeness (QED) is 0.644. The highest BCUT2D eigenvalue weighted by molar-refractivity contribution is 6.46. The van der Waals surface area contributed by atoms with Gasteiger partial charge < -0.3 is 15.0 Å². The highest BCUT2D eigenvalue weighted by Crippen LogP contribution is 2.34. The Bertz CT molecular complexity index is 920. The van der Waals surface area contributed by atoms with Gasteiger partial charge in [0.25, 0.3) is 11.7 Å². The molecule has 0 radical (unpaired) electrons. The van der Waals surface area contributed by atoms with Gasteiger partial charge in [0.1, 0.15) is 11.5 Å². The van der Waals surface area contributed by atoms with Gasteiger partial charge in [0, 0.05) is 17.9 Å². The molecule has 130 valence electrons. The number of aromatic nitrogens is 1. The minimum atomic E-state index is -1.63. The number of carbonyl (C=O) groups excluding carboxylic acids is 2. The molecule has 3 rings (SSSR count). The van der Waals surface area contributed by atoms with Crippen LogP contribution in [0.4, 0.5) is 10.1 Å². The van der Waals surface area contributed by atoms with E-state index < -0.39 is 23.5 Å². The summed E-state index contributed by atoms with van der Waals surface area (Å²) in [6.07, 6.45) is 1.19. The number of hydrogen-bond acceptors (Lipinski definition) is 3. The van der Waals surface area contributed by atoms with Crippen LogP contribution in [0.2, 0.25) is 5.02 Å². The molecule has 0 bridgehead atoms. The number of halogens is 2. The van der Waals surface area contributed by atoms with Crippen molar-refractivity contribution in [1.29, 1.82) is 0 Å². The molecule has 1 aromatic heterocycles. The fourth-order valence-corrected chi connectivity index (χ4v) is 3.40. The summed E-state index contributed by atoms with van der Waals surface area (Å²) in [4.78, 5) is 35.6. The zero-order valence-electron chi connectivity index (χ0n) is 13.2. The molecular weight excluding hydrogens is 351 g/mol. The fraction of sp³-hybridized carbons (Fsp3) is 0.235. The van der Waals surface area contributed by atoms with Crippen molar-refractivity contribution in [3.8, 4) is 0 Å². The van der Waals surface area contributed by atoms with Crippen LogP contribution in [0.3, 0.4) is 0 Å². The maximum Gasteiger partial charge on any atom is 0.378 e. The van der Waals surface area contributed by atoms with Crippen molar-refractivity contribution in [1.82, 2.24) is 4.57 Å². The van der Waals surface area contributed by atoms with Gasteiger partial charge in [-0.3, -0.25) is 9.59 Å². The number of rotatable bonds is 4. The van der Waals surface area contributed by atoms with Crippen LogP contribution < -0.4 is 5.32 Å². The van der Waals surface area contributed by atoms with Crippen molar-refractivity contribution in [2.45, 2.75) is 26.3 Å². The third kappa shape index (κ3) is 2.91. The number of aryl methyl sites for hydroxylation is 1. The van der Waals surface area contributed by atoms with E-state index >= 15 is 0 Å². The van der Waals surface area contributed by atoms with Crippen LogP contribution in [0.25, 0.3) is 0 Å². The fourth-order valence-electron chi connectivity index (χ4n) is 3.02. The predicted molar refractivity (Wildman–Crippen MR) is 88.8 cm³/mol. The Morgan fingerprint density at radius 3 is 2.68 bits per heavy atom. The van der Waals surface area contributed by atoms with E-state index in [9.17, 15) is 18.8 Å². The topological polar surface area (TPSA) is 88.4 Å². The molecule has 0 atom stereocenters. The molecule has 0 aliphatic carbocycles.